The van der Waals surface area contributed by atoms with E-state index in [1.165, 1.54) is 4.90 Å². The number of carbonyl (C=O) groups is 2. The number of aliphatic hydroxyl groups is 1. The summed E-state index contributed by atoms with van der Waals surface area (Å²) in [5.74, 6) is -2.96. The van der Waals surface area contributed by atoms with Gasteiger partial charge in [0.2, 0.25) is 5.91 Å². The zero-order valence-electron chi connectivity index (χ0n) is 12.0. The van der Waals surface area contributed by atoms with Gasteiger partial charge in [-0.25, -0.2) is 9.69 Å². The molecule has 1 saturated heterocycles. The molecule has 5 nitrogen and oxygen atoms in total. The lowest BCUT2D eigenvalue weighted by molar-refractivity contribution is -0.196. The SMILES string of the molecule is Cc1ccc2c(c1)C(=O)O[C@]1(O)[C@@H]3[C@H](C(=O)N21)[C@H]1C=C[C@H]3C1. The fourth-order valence-corrected chi connectivity index (χ4v) is 4.73. The average molecular weight is 297 g/mol. The van der Waals surface area contributed by atoms with Crippen LogP contribution in [0.25, 0.3) is 0 Å². The summed E-state index contributed by atoms with van der Waals surface area (Å²) in [6.45, 7) is 1.87. The maximum Gasteiger partial charge on any atom is 0.344 e. The Morgan fingerprint density at radius 1 is 1.27 bits per heavy atom. The van der Waals surface area contributed by atoms with Gasteiger partial charge in [0.1, 0.15) is 0 Å². The lowest BCUT2D eigenvalue weighted by Gasteiger charge is -2.41. The number of hydrogen-bond donors (Lipinski definition) is 1. The lowest BCUT2D eigenvalue weighted by atomic mass is 9.83. The monoisotopic (exact) mass is 297 g/mol. The average Bonchev–Trinajstić information content (AvgIpc) is 3.13. The van der Waals surface area contributed by atoms with E-state index in [-0.39, 0.29) is 29.6 Å². The summed E-state index contributed by atoms with van der Waals surface area (Å²) in [5, 5.41) is 11.1. The molecule has 0 spiro atoms. The topological polar surface area (TPSA) is 66.8 Å². The fourth-order valence-electron chi connectivity index (χ4n) is 4.73. The number of esters is 1. The van der Waals surface area contributed by atoms with Gasteiger partial charge in [0, 0.05) is 0 Å². The number of carbonyl (C=O) groups excluding carboxylic acids is 2. The van der Waals surface area contributed by atoms with Crippen LogP contribution in [0.3, 0.4) is 0 Å². The van der Waals surface area contributed by atoms with Gasteiger partial charge in [-0.15, -0.1) is 0 Å². The predicted molar refractivity (Wildman–Crippen MR) is 76.7 cm³/mol. The van der Waals surface area contributed by atoms with Gasteiger partial charge in [-0.3, -0.25) is 4.79 Å². The van der Waals surface area contributed by atoms with E-state index in [9.17, 15) is 14.7 Å². The largest absolute Gasteiger partial charge is 0.409 e. The minimum atomic E-state index is -1.84. The Bertz CT molecular complexity index is 770. The van der Waals surface area contributed by atoms with Crippen molar-refractivity contribution in [3.05, 3.63) is 41.5 Å². The second-order valence-electron chi connectivity index (χ2n) is 6.74. The molecule has 2 aliphatic heterocycles. The van der Waals surface area contributed by atoms with Gasteiger partial charge in [-0.2, -0.15) is 0 Å². The van der Waals surface area contributed by atoms with Crippen LogP contribution in [0.1, 0.15) is 22.3 Å². The Kier molecular flexibility index (Phi) is 2.03. The van der Waals surface area contributed by atoms with Crippen molar-refractivity contribution in [1.29, 1.82) is 0 Å². The second-order valence-corrected chi connectivity index (χ2v) is 6.74. The van der Waals surface area contributed by atoms with Crippen molar-refractivity contribution in [1.82, 2.24) is 0 Å². The molecule has 1 saturated carbocycles. The fraction of sp³-hybridized carbons (Fsp3) is 0.412. The number of benzene rings is 1. The summed E-state index contributed by atoms with van der Waals surface area (Å²) in [5.41, 5.74) is 1.72. The van der Waals surface area contributed by atoms with Crippen molar-refractivity contribution in [3.63, 3.8) is 0 Å². The van der Waals surface area contributed by atoms with Crippen molar-refractivity contribution in [2.75, 3.05) is 4.90 Å². The molecule has 1 aromatic rings. The minimum absolute atomic E-state index is 0.0914. The molecule has 5 heteroatoms. The van der Waals surface area contributed by atoms with E-state index in [1.807, 2.05) is 19.1 Å². The molecule has 112 valence electrons. The first-order valence-corrected chi connectivity index (χ1v) is 7.59. The molecule has 5 atom stereocenters. The Hall–Kier alpha value is -2.14. The molecule has 2 heterocycles. The van der Waals surface area contributed by atoms with Crippen molar-refractivity contribution in [3.8, 4) is 0 Å². The van der Waals surface area contributed by atoms with Crippen molar-refractivity contribution < 1.29 is 19.4 Å². The molecule has 2 aliphatic carbocycles. The highest BCUT2D eigenvalue weighted by molar-refractivity contribution is 6.08. The molecule has 22 heavy (non-hydrogen) atoms. The van der Waals surface area contributed by atoms with Crippen LogP contribution in [-0.2, 0) is 9.53 Å². The maximum atomic E-state index is 12.9. The zero-order chi connectivity index (χ0) is 15.2. The smallest absolute Gasteiger partial charge is 0.344 e. The van der Waals surface area contributed by atoms with Crippen molar-refractivity contribution >= 4 is 17.6 Å². The normalized spacial score (nSPS) is 40.5. The van der Waals surface area contributed by atoms with Crippen LogP contribution in [0.4, 0.5) is 5.69 Å². The van der Waals surface area contributed by atoms with Gasteiger partial charge >= 0.3 is 11.9 Å². The molecule has 1 aromatic carbocycles. The summed E-state index contributed by atoms with van der Waals surface area (Å²) < 4.78 is 5.40. The quantitative estimate of drug-likeness (QED) is 0.583. The molecule has 0 aromatic heterocycles. The molecular weight excluding hydrogens is 282 g/mol. The third-order valence-electron chi connectivity index (χ3n) is 5.58. The predicted octanol–water partition coefficient (Wildman–Crippen LogP) is 1.60. The van der Waals surface area contributed by atoms with Crippen molar-refractivity contribution in [2.24, 2.45) is 23.7 Å². The van der Waals surface area contributed by atoms with E-state index in [1.54, 1.807) is 12.1 Å². The highest BCUT2D eigenvalue weighted by atomic mass is 16.7. The van der Waals surface area contributed by atoms with E-state index >= 15 is 0 Å². The summed E-state index contributed by atoms with van der Waals surface area (Å²) >= 11 is 0. The molecule has 1 N–H and O–H groups in total. The van der Waals surface area contributed by atoms with Crippen LogP contribution in [0.5, 0.6) is 0 Å². The number of ether oxygens (including phenoxy) is 1. The van der Waals surface area contributed by atoms with Crippen LogP contribution >= 0.6 is 0 Å². The molecular formula is C17H15NO4. The van der Waals surface area contributed by atoms with Crippen LogP contribution < -0.4 is 4.90 Å². The molecule has 0 radical (unpaired) electrons. The van der Waals surface area contributed by atoms with Crippen LogP contribution in [0.15, 0.2) is 30.4 Å². The number of rotatable bonds is 0. The Morgan fingerprint density at radius 2 is 2.05 bits per heavy atom. The van der Waals surface area contributed by atoms with Gasteiger partial charge < -0.3 is 9.84 Å². The molecule has 2 bridgehead atoms. The number of amides is 1. The summed E-state index contributed by atoms with van der Waals surface area (Å²) in [4.78, 5) is 26.6. The number of aryl methyl sites for hydroxylation is 1. The summed E-state index contributed by atoms with van der Waals surface area (Å²) in [6, 6.07) is 5.27. The van der Waals surface area contributed by atoms with Gasteiger partial charge in [0.15, 0.2) is 0 Å². The number of anilines is 1. The first kappa shape index (κ1) is 12.4. The van der Waals surface area contributed by atoms with E-state index in [0.29, 0.717) is 11.3 Å². The van der Waals surface area contributed by atoms with E-state index in [4.69, 9.17) is 4.74 Å². The van der Waals surface area contributed by atoms with Gasteiger partial charge in [-0.1, -0.05) is 23.8 Å². The summed E-state index contributed by atoms with van der Waals surface area (Å²) in [7, 11) is 0. The molecule has 1 amide bonds. The highest BCUT2D eigenvalue weighted by Crippen LogP contribution is 2.60. The highest BCUT2D eigenvalue weighted by Gasteiger charge is 2.70. The Balaban J connectivity index is 1.73. The molecule has 2 fully saturated rings. The first-order valence-electron chi connectivity index (χ1n) is 7.59. The van der Waals surface area contributed by atoms with Crippen LogP contribution in [0.2, 0.25) is 0 Å². The van der Waals surface area contributed by atoms with Crippen LogP contribution in [0, 0.1) is 30.6 Å². The lowest BCUT2D eigenvalue weighted by Crippen LogP contribution is -2.57. The maximum absolute atomic E-state index is 12.9. The standard InChI is InChI=1S/C17H15NO4/c1-8-2-5-12-11(6-8)16(20)22-17(21)14-10-4-3-9(7-10)13(14)15(19)18(12)17/h2-6,9-10,13-14,21H,7H2,1H3/t9-,10-,13+,14-,17+/m0/s1. The number of fused-ring (bicyclic) bond motifs is 9. The Labute approximate surface area is 127 Å². The van der Waals surface area contributed by atoms with E-state index in [2.05, 4.69) is 6.08 Å². The van der Waals surface area contributed by atoms with Gasteiger partial charge in [0.25, 0.3) is 0 Å². The molecule has 5 rings (SSSR count). The molecule has 0 unspecified atom stereocenters. The number of hydrogen-bond acceptors (Lipinski definition) is 4. The number of nitrogens with zero attached hydrogens (tertiary/aromatic N) is 1. The van der Waals surface area contributed by atoms with E-state index in [0.717, 1.165) is 12.0 Å². The summed E-state index contributed by atoms with van der Waals surface area (Å²) in [6.07, 6.45) is 4.96. The van der Waals surface area contributed by atoms with Gasteiger partial charge in [0.05, 0.1) is 23.1 Å². The van der Waals surface area contributed by atoms with Crippen LogP contribution in [-0.4, -0.2) is 22.9 Å². The minimum Gasteiger partial charge on any atom is -0.409 e. The Morgan fingerprint density at radius 3 is 2.86 bits per heavy atom. The second kappa shape index (κ2) is 3.60. The van der Waals surface area contributed by atoms with Gasteiger partial charge in [-0.05, 0) is 37.3 Å². The molecule has 4 aliphatic rings. The third-order valence-corrected chi connectivity index (χ3v) is 5.58. The van der Waals surface area contributed by atoms with E-state index < -0.39 is 11.9 Å². The number of allylic oxidation sites excluding steroid dienone is 2. The zero-order valence-corrected chi connectivity index (χ0v) is 12.0. The third kappa shape index (κ3) is 1.21. The van der Waals surface area contributed by atoms with Crippen molar-refractivity contribution in [2.45, 2.75) is 19.3 Å². The first-order chi connectivity index (χ1) is 10.5.